The summed E-state index contributed by atoms with van der Waals surface area (Å²) in [7, 11) is 0. The van der Waals surface area contributed by atoms with Crippen molar-refractivity contribution in [3.05, 3.63) is 33.9 Å². The number of carbonyl (C=O) groups excluding carboxylic acids is 2. The maximum absolute atomic E-state index is 13.1. The zero-order valence-corrected chi connectivity index (χ0v) is 20.1. The minimum atomic E-state index is -0.525. The van der Waals surface area contributed by atoms with E-state index in [1.165, 1.54) is 6.42 Å². The molecule has 2 atom stereocenters. The molecule has 2 heterocycles. The molecule has 3 N–H and O–H groups in total. The van der Waals surface area contributed by atoms with E-state index in [9.17, 15) is 9.59 Å². The van der Waals surface area contributed by atoms with Gasteiger partial charge in [-0.05, 0) is 49.3 Å². The third-order valence-electron chi connectivity index (χ3n) is 6.51. The van der Waals surface area contributed by atoms with Crippen LogP contribution >= 0.6 is 34.9 Å². The number of rotatable bonds is 6. The second-order valence-corrected chi connectivity index (χ2v) is 9.86. The van der Waals surface area contributed by atoms with Crippen LogP contribution in [0.2, 0.25) is 10.2 Å². The van der Waals surface area contributed by atoms with Crippen molar-refractivity contribution in [2.45, 2.75) is 63.6 Å². The van der Waals surface area contributed by atoms with Crippen LogP contribution in [0.5, 0.6) is 0 Å². The van der Waals surface area contributed by atoms with Crippen molar-refractivity contribution in [3.8, 4) is 11.3 Å². The molecule has 1 aromatic heterocycles. The Kier molecular flexibility index (Phi) is 7.66. The number of halogens is 2. The Hall–Kier alpha value is -1.74. The standard InChI is InChI=1S/C22H27Cl2N5O2S/c23-15-8-9-16(19-20(24)28-32-27-19)14(11-15)12-26-21(30)17-7-4-10-29(17)22(31)18(25)13-5-2-1-3-6-13/h8-9,11,13,17-18H,1-7,10,12,25H2,(H,26,30)/t17-,18+/m0/s1. The minimum absolute atomic E-state index is 0.0988. The van der Waals surface area contributed by atoms with E-state index >= 15 is 0 Å². The molecule has 1 aliphatic heterocycles. The normalized spacial score (nSPS) is 20.3. The Balaban J connectivity index is 1.43. The molecule has 2 amide bonds. The monoisotopic (exact) mass is 495 g/mol. The smallest absolute Gasteiger partial charge is 0.243 e. The van der Waals surface area contributed by atoms with E-state index in [4.69, 9.17) is 28.9 Å². The molecule has 1 saturated carbocycles. The summed E-state index contributed by atoms with van der Waals surface area (Å²) >= 11 is 13.4. The highest BCUT2D eigenvalue weighted by Gasteiger charge is 2.38. The first kappa shape index (κ1) is 23.4. The van der Waals surface area contributed by atoms with Gasteiger partial charge < -0.3 is 16.0 Å². The van der Waals surface area contributed by atoms with E-state index in [1.807, 2.05) is 6.07 Å². The highest BCUT2D eigenvalue weighted by molar-refractivity contribution is 6.99. The summed E-state index contributed by atoms with van der Waals surface area (Å²) < 4.78 is 8.27. The maximum Gasteiger partial charge on any atom is 0.243 e. The van der Waals surface area contributed by atoms with Crippen LogP contribution in [0, 0.1) is 5.92 Å². The van der Waals surface area contributed by atoms with E-state index in [2.05, 4.69) is 14.1 Å². The van der Waals surface area contributed by atoms with E-state index in [0.717, 1.165) is 55.0 Å². The Morgan fingerprint density at radius 3 is 2.66 bits per heavy atom. The summed E-state index contributed by atoms with van der Waals surface area (Å²) in [6, 6.07) is 4.33. The van der Waals surface area contributed by atoms with Gasteiger partial charge in [-0.15, -0.1) is 0 Å². The topological polar surface area (TPSA) is 101 Å². The van der Waals surface area contributed by atoms with Gasteiger partial charge in [-0.2, -0.15) is 8.75 Å². The van der Waals surface area contributed by atoms with Crippen molar-refractivity contribution < 1.29 is 9.59 Å². The first-order valence-electron chi connectivity index (χ1n) is 11.1. The molecular weight excluding hydrogens is 469 g/mol. The molecule has 0 bridgehead atoms. The van der Waals surface area contributed by atoms with E-state index in [1.54, 1.807) is 17.0 Å². The minimum Gasteiger partial charge on any atom is -0.350 e. The molecule has 32 heavy (non-hydrogen) atoms. The van der Waals surface area contributed by atoms with Crippen molar-refractivity contribution >= 4 is 46.7 Å². The van der Waals surface area contributed by atoms with E-state index < -0.39 is 12.1 Å². The average Bonchev–Trinajstić information content (AvgIpc) is 3.46. The second kappa shape index (κ2) is 10.5. The summed E-state index contributed by atoms with van der Waals surface area (Å²) in [5.74, 6) is -0.0653. The quantitative estimate of drug-likeness (QED) is 0.629. The number of benzene rings is 1. The highest BCUT2D eigenvalue weighted by Crippen LogP contribution is 2.31. The number of hydrogen-bond donors (Lipinski definition) is 2. The van der Waals surface area contributed by atoms with Crippen LogP contribution in [0.15, 0.2) is 18.2 Å². The fraction of sp³-hybridized carbons (Fsp3) is 0.545. The van der Waals surface area contributed by atoms with Gasteiger partial charge in [0.25, 0.3) is 0 Å². The van der Waals surface area contributed by atoms with Crippen LogP contribution in [-0.4, -0.2) is 44.1 Å². The number of aromatic nitrogens is 2. The van der Waals surface area contributed by atoms with Crippen LogP contribution in [0.1, 0.15) is 50.5 Å². The number of hydrogen-bond acceptors (Lipinski definition) is 6. The Morgan fingerprint density at radius 1 is 1.16 bits per heavy atom. The van der Waals surface area contributed by atoms with Gasteiger partial charge in [0, 0.05) is 23.7 Å². The van der Waals surface area contributed by atoms with Crippen LogP contribution in [0.3, 0.4) is 0 Å². The summed E-state index contributed by atoms with van der Waals surface area (Å²) in [4.78, 5) is 27.8. The lowest BCUT2D eigenvalue weighted by atomic mass is 9.83. The molecule has 172 valence electrons. The summed E-state index contributed by atoms with van der Waals surface area (Å²) in [5, 5.41) is 3.84. The van der Waals surface area contributed by atoms with Gasteiger partial charge >= 0.3 is 0 Å². The third-order valence-corrected chi connectivity index (χ3v) is 7.63. The van der Waals surface area contributed by atoms with Crippen LogP contribution in [0.4, 0.5) is 0 Å². The molecule has 0 radical (unpaired) electrons. The maximum atomic E-state index is 13.1. The average molecular weight is 496 g/mol. The number of amides is 2. The van der Waals surface area contributed by atoms with E-state index in [-0.39, 0.29) is 24.3 Å². The number of likely N-dealkylation sites (tertiary alicyclic amines) is 1. The molecular formula is C22H27Cl2N5O2S. The molecule has 1 aliphatic carbocycles. The summed E-state index contributed by atoms with van der Waals surface area (Å²) in [5.41, 5.74) is 8.46. The Bertz CT molecular complexity index is 979. The number of nitrogens with two attached hydrogens (primary N) is 1. The summed E-state index contributed by atoms with van der Waals surface area (Å²) in [6.07, 6.45) is 6.86. The fourth-order valence-electron chi connectivity index (χ4n) is 4.77. The lowest BCUT2D eigenvalue weighted by Gasteiger charge is -2.32. The van der Waals surface area contributed by atoms with Crippen LogP contribution < -0.4 is 11.1 Å². The largest absolute Gasteiger partial charge is 0.350 e. The zero-order valence-electron chi connectivity index (χ0n) is 17.7. The van der Waals surface area contributed by atoms with Crippen molar-refractivity contribution in [2.75, 3.05) is 6.54 Å². The number of carbonyl (C=O) groups is 2. The predicted octanol–water partition coefficient (Wildman–Crippen LogP) is 4.03. The molecule has 2 fully saturated rings. The third kappa shape index (κ3) is 5.09. The first-order valence-corrected chi connectivity index (χ1v) is 12.5. The van der Waals surface area contributed by atoms with Gasteiger partial charge in [0.15, 0.2) is 5.15 Å². The zero-order chi connectivity index (χ0) is 22.7. The molecule has 1 saturated heterocycles. The van der Waals surface area contributed by atoms with E-state index in [0.29, 0.717) is 28.8 Å². The van der Waals surface area contributed by atoms with Gasteiger partial charge in [-0.1, -0.05) is 48.5 Å². The fourth-order valence-corrected chi connectivity index (χ4v) is 5.71. The van der Waals surface area contributed by atoms with Crippen molar-refractivity contribution in [1.29, 1.82) is 0 Å². The molecule has 4 rings (SSSR count). The predicted molar refractivity (Wildman–Crippen MR) is 126 cm³/mol. The first-order chi connectivity index (χ1) is 15.5. The van der Waals surface area contributed by atoms with Gasteiger partial charge in [0.05, 0.1) is 17.8 Å². The van der Waals surface area contributed by atoms with Gasteiger partial charge in [0.1, 0.15) is 11.7 Å². The SMILES string of the molecule is N[C@@H](C(=O)N1CCC[C@H]1C(=O)NCc1cc(Cl)ccc1-c1nsnc1Cl)C1CCCCC1. The molecule has 1 aromatic carbocycles. The lowest BCUT2D eigenvalue weighted by molar-refractivity contribution is -0.140. The molecule has 2 aliphatic rings. The van der Waals surface area contributed by atoms with Gasteiger partial charge in [-0.3, -0.25) is 9.59 Å². The van der Waals surface area contributed by atoms with Crippen molar-refractivity contribution in [1.82, 2.24) is 19.0 Å². The molecule has 7 nitrogen and oxygen atoms in total. The summed E-state index contributed by atoms with van der Waals surface area (Å²) in [6.45, 7) is 0.815. The van der Waals surface area contributed by atoms with Crippen molar-refractivity contribution in [2.24, 2.45) is 11.7 Å². The Labute approximate surface area is 202 Å². The van der Waals surface area contributed by atoms with Crippen LogP contribution in [-0.2, 0) is 16.1 Å². The van der Waals surface area contributed by atoms with Gasteiger partial charge in [0.2, 0.25) is 11.8 Å². The molecule has 0 unspecified atom stereocenters. The van der Waals surface area contributed by atoms with Crippen molar-refractivity contribution in [3.63, 3.8) is 0 Å². The number of nitrogens with one attached hydrogen (secondary N) is 1. The second-order valence-electron chi connectivity index (χ2n) is 8.54. The number of nitrogens with zero attached hydrogens (tertiary/aromatic N) is 3. The van der Waals surface area contributed by atoms with Gasteiger partial charge in [-0.25, -0.2) is 0 Å². The Morgan fingerprint density at radius 2 is 1.94 bits per heavy atom. The lowest BCUT2D eigenvalue weighted by Crippen LogP contribution is -2.53. The highest BCUT2D eigenvalue weighted by atomic mass is 35.5. The molecule has 2 aromatic rings. The molecule has 0 spiro atoms. The van der Waals surface area contributed by atoms with Crippen LogP contribution in [0.25, 0.3) is 11.3 Å². The molecule has 10 heteroatoms.